The maximum absolute atomic E-state index is 15.9. The molecule has 0 N–H and O–H groups in total. The highest BCUT2D eigenvalue weighted by Gasteiger charge is 2.25. The van der Waals surface area contributed by atoms with Crippen molar-refractivity contribution in [2.75, 3.05) is 0 Å². The molecular weight excluding hydrogens is 461 g/mol. The van der Waals surface area contributed by atoms with Crippen LogP contribution in [-0.4, -0.2) is 4.57 Å². The Morgan fingerprint density at radius 2 is 1.57 bits per heavy atom. The fourth-order valence-corrected chi connectivity index (χ4v) is 5.61. The van der Waals surface area contributed by atoms with Crippen LogP contribution in [0.5, 0.6) is 0 Å². The van der Waals surface area contributed by atoms with Gasteiger partial charge in [0.1, 0.15) is 24.4 Å². The second kappa shape index (κ2) is 7.78. The largest absolute Gasteiger partial charge is 0.453 e. The predicted molar refractivity (Wildman–Crippen MR) is 144 cm³/mol. The monoisotopic (exact) mass is 482 g/mol. The van der Waals surface area contributed by atoms with Crippen molar-refractivity contribution in [3.05, 3.63) is 108 Å². The molecular formula is C32H21FN3O+. The lowest BCUT2D eigenvalue weighted by atomic mass is 10.0. The van der Waals surface area contributed by atoms with E-state index in [1.807, 2.05) is 72.4 Å². The number of furan rings is 1. The first kappa shape index (κ1) is 21.3. The molecule has 0 fully saturated rings. The van der Waals surface area contributed by atoms with Crippen LogP contribution in [0.3, 0.4) is 0 Å². The maximum Gasteiger partial charge on any atom is 0.216 e. The molecule has 0 unspecified atom stereocenters. The number of halogens is 1. The summed E-state index contributed by atoms with van der Waals surface area (Å²) in [4.78, 5) is 0. The summed E-state index contributed by atoms with van der Waals surface area (Å²) >= 11 is 0. The van der Waals surface area contributed by atoms with E-state index in [0.29, 0.717) is 27.9 Å². The van der Waals surface area contributed by atoms with E-state index < -0.39 is 5.82 Å². The number of pyridine rings is 1. The zero-order valence-corrected chi connectivity index (χ0v) is 20.3. The molecule has 0 aliphatic carbocycles. The third kappa shape index (κ3) is 2.90. The number of aromatic nitrogens is 2. The van der Waals surface area contributed by atoms with Crippen molar-refractivity contribution in [1.82, 2.24) is 4.57 Å². The van der Waals surface area contributed by atoms with Crippen molar-refractivity contribution in [2.24, 2.45) is 7.05 Å². The number of hydrogen-bond acceptors (Lipinski definition) is 2. The highest BCUT2D eigenvalue weighted by Crippen LogP contribution is 2.42. The average Bonchev–Trinajstić information content (AvgIpc) is 3.45. The van der Waals surface area contributed by atoms with E-state index in [0.717, 1.165) is 43.9 Å². The fraction of sp³-hybridized carbons (Fsp3) is 0.0625. The Balaban J connectivity index is 1.68. The van der Waals surface area contributed by atoms with Crippen LogP contribution in [0.25, 0.3) is 60.7 Å². The molecule has 0 radical (unpaired) electrons. The SMILES string of the molecule is Cc1ccc2c(oc3c(-n4c5ccccc5c5cccc(C#N)c54)c(F)ccc32)c1-c1cccc[n+]1C. The number of nitriles is 1. The van der Waals surface area contributed by atoms with Gasteiger partial charge in [0.2, 0.25) is 5.69 Å². The van der Waals surface area contributed by atoms with E-state index in [1.165, 1.54) is 6.07 Å². The van der Waals surface area contributed by atoms with Crippen LogP contribution in [0.1, 0.15) is 11.1 Å². The first-order chi connectivity index (χ1) is 18.1. The van der Waals surface area contributed by atoms with Gasteiger partial charge in [0.25, 0.3) is 0 Å². The average molecular weight is 483 g/mol. The highest BCUT2D eigenvalue weighted by atomic mass is 19.1. The molecule has 0 amide bonds. The van der Waals surface area contributed by atoms with Crippen molar-refractivity contribution in [2.45, 2.75) is 6.92 Å². The number of fused-ring (bicyclic) bond motifs is 6. The van der Waals surface area contributed by atoms with Crippen LogP contribution in [-0.2, 0) is 7.05 Å². The molecule has 0 spiro atoms. The van der Waals surface area contributed by atoms with Gasteiger partial charge in [0, 0.05) is 33.7 Å². The summed E-state index contributed by atoms with van der Waals surface area (Å²) in [5.74, 6) is -0.412. The second-order valence-corrected chi connectivity index (χ2v) is 9.37. The van der Waals surface area contributed by atoms with Gasteiger partial charge < -0.3 is 8.98 Å². The first-order valence-electron chi connectivity index (χ1n) is 12.1. The molecule has 37 heavy (non-hydrogen) atoms. The lowest BCUT2D eigenvalue weighted by Gasteiger charge is -2.10. The molecule has 176 valence electrons. The maximum atomic E-state index is 15.9. The number of hydrogen-bond donors (Lipinski definition) is 0. The van der Waals surface area contributed by atoms with Crippen molar-refractivity contribution in [3.8, 4) is 23.0 Å². The Kier molecular flexibility index (Phi) is 4.49. The predicted octanol–water partition coefficient (Wildman–Crippen LogP) is 7.49. The molecule has 3 aromatic heterocycles. The van der Waals surface area contributed by atoms with Crippen LogP contribution >= 0.6 is 0 Å². The molecule has 0 bridgehead atoms. The topological polar surface area (TPSA) is 45.7 Å². The molecule has 4 aromatic carbocycles. The van der Waals surface area contributed by atoms with E-state index in [4.69, 9.17) is 4.42 Å². The Labute approximate surface area is 212 Å². The minimum atomic E-state index is -0.412. The summed E-state index contributed by atoms with van der Waals surface area (Å²) in [6, 6.07) is 29.2. The van der Waals surface area contributed by atoms with Crippen LogP contribution in [0.15, 0.2) is 95.5 Å². The molecule has 3 heterocycles. The number of rotatable bonds is 2. The van der Waals surface area contributed by atoms with Gasteiger partial charge in [-0.3, -0.25) is 0 Å². The fourth-order valence-electron chi connectivity index (χ4n) is 5.61. The van der Waals surface area contributed by atoms with Crippen molar-refractivity contribution < 1.29 is 13.4 Å². The van der Waals surface area contributed by atoms with Crippen LogP contribution in [0, 0.1) is 24.1 Å². The van der Waals surface area contributed by atoms with E-state index in [-0.39, 0.29) is 0 Å². The summed E-state index contributed by atoms with van der Waals surface area (Å²) in [6.45, 7) is 2.06. The van der Waals surface area contributed by atoms with Gasteiger partial charge in [0.05, 0.1) is 22.2 Å². The molecule has 4 nitrogen and oxygen atoms in total. The first-order valence-corrected chi connectivity index (χ1v) is 12.1. The molecule has 0 saturated heterocycles. The summed E-state index contributed by atoms with van der Waals surface area (Å²) in [5, 5.41) is 13.6. The summed E-state index contributed by atoms with van der Waals surface area (Å²) in [6.07, 6.45) is 2.00. The van der Waals surface area contributed by atoms with E-state index in [1.54, 1.807) is 12.1 Å². The molecule has 5 heteroatoms. The minimum Gasteiger partial charge on any atom is -0.453 e. The molecule has 0 atom stereocenters. The molecule has 0 aliphatic rings. The van der Waals surface area contributed by atoms with Gasteiger partial charge in [-0.1, -0.05) is 42.5 Å². The lowest BCUT2D eigenvalue weighted by Crippen LogP contribution is -2.30. The highest BCUT2D eigenvalue weighted by molar-refractivity contribution is 6.15. The molecule has 7 rings (SSSR count). The quantitative estimate of drug-likeness (QED) is 0.240. The zero-order valence-electron chi connectivity index (χ0n) is 20.3. The third-order valence-electron chi connectivity index (χ3n) is 7.29. The van der Waals surface area contributed by atoms with Gasteiger partial charge in [-0.25, -0.2) is 8.96 Å². The number of nitrogens with zero attached hydrogens (tertiary/aromatic N) is 3. The molecule has 7 aromatic rings. The zero-order chi connectivity index (χ0) is 25.3. The lowest BCUT2D eigenvalue weighted by molar-refractivity contribution is -0.660. The van der Waals surface area contributed by atoms with Gasteiger partial charge >= 0.3 is 0 Å². The van der Waals surface area contributed by atoms with Gasteiger partial charge in [-0.2, -0.15) is 5.26 Å². The number of para-hydroxylation sites is 2. The molecule has 0 aliphatic heterocycles. The van der Waals surface area contributed by atoms with Gasteiger partial charge in [0.15, 0.2) is 17.6 Å². The normalized spacial score (nSPS) is 11.6. The Morgan fingerprint density at radius 1 is 0.811 bits per heavy atom. The molecule has 0 saturated carbocycles. The standard InChI is InChI=1S/C32H21FN3O/c1-19-13-14-23-24-15-16-25(33)30(32(24)37-31(23)28(19)27-12-5-6-17-35(27)2)36-26-11-4-3-9-21(26)22-10-7-8-20(18-34)29(22)36/h3-17H,1-2H3/q+1. The Bertz CT molecular complexity index is 2090. The van der Waals surface area contributed by atoms with Crippen molar-refractivity contribution >= 4 is 43.7 Å². The third-order valence-corrected chi connectivity index (χ3v) is 7.29. The van der Waals surface area contributed by atoms with E-state index in [2.05, 4.69) is 29.7 Å². The van der Waals surface area contributed by atoms with Crippen LogP contribution in [0.4, 0.5) is 4.39 Å². The Hall–Kier alpha value is -4.95. The van der Waals surface area contributed by atoms with Gasteiger partial charge in [-0.15, -0.1) is 0 Å². The van der Waals surface area contributed by atoms with E-state index in [9.17, 15) is 5.26 Å². The van der Waals surface area contributed by atoms with E-state index >= 15 is 4.39 Å². The van der Waals surface area contributed by atoms with Crippen LogP contribution < -0.4 is 4.57 Å². The summed E-state index contributed by atoms with van der Waals surface area (Å²) in [7, 11) is 2.00. The second-order valence-electron chi connectivity index (χ2n) is 9.37. The number of benzene rings is 4. The smallest absolute Gasteiger partial charge is 0.216 e. The van der Waals surface area contributed by atoms with Gasteiger partial charge in [-0.05, 0) is 42.8 Å². The summed E-state index contributed by atoms with van der Waals surface area (Å²) in [5.41, 5.74) is 6.50. The van der Waals surface area contributed by atoms with Crippen molar-refractivity contribution in [1.29, 1.82) is 5.26 Å². The minimum absolute atomic E-state index is 0.309. The Morgan fingerprint density at radius 3 is 2.41 bits per heavy atom. The summed E-state index contributed by atoms with van der Waals surface area (Å²) < 4.78 is 26.4. The van der Waals surface area contributed by atoms with Crippen molar-refractivity contribution in [3.63, 3.8) is 0 Å². The van der Waals surface area contributed by atoms with Crippen LogP contribution in [0.2, 0.25) is 0 Å². The number of aryl methyl sites for hydroxylation is 2.